The number of nitrogens with zero attached hydrogens (tertiary/aromatic N) is 3. The molecule has 0 unspecified atom stereocenters. The average molecular weight is 487 g/mol. The normalized spacial score (nSPS) is 11.6. The molecular weight excluding hydrogens is 472 g/mol. The molecule has 8 nitrogen and oxygen atoms in total. The third-order valence-electron chi connectivity index (χ3n) is 4.11. The number of nitrogens with one attached hydrogen (secondary N) is 1. The number of carbonyl (C=O) groups is 1. The van der Waals surface area contributed by atoms with Gasteiger partial charge in [-0.15, -0.1) is 0 Å². The van der Waals surface area contributed by atoms with Crippen LogP contribution in [0.15, 0.2) is 58.1 Å². The van der Waals surface area contributed by atoms with Gasteiger partial charge in [-0.25, -0.2) is 4.98 Å². The number of hydrogen-bond acceptors (Lipinski definition) is 7. The van der Waals surface area contributed by atoms with Crippen LogP contribution in [-0.2, 0) is 4.79 Å². The predicted molar refractivity (Wildman–Crippen MR) is 117 cm³/mol. The van der Waals surface area contributed by atoms with Gasteiger partial charge in [-0.2, -0.15) is 9.61 Å². The monoisotopic (exact) mass is 486 g/mol. The number of rotatable bonds is 6. The number of amides is 1. The van der Waals surface area contributed by atoms with Gasteiger partial charge in [-0.3, -0.25) is 9.59 Å². The molecule has 0 atom stereocenters. The Kier molecular flexibility index (Phi) is 5.77. The molecule has 0 radical (unpaired) electrons. The van der Waals surface area contributed by atoms with Crippen molar-refractivity contribution in [3.63, 3.8) is 0 Å². The predicted octanol–water partition coefficient (Wildman–Crippen LogP) is 2.49. The molecule has 0 saturated heterocycles. The molecule has 0 spiro atoms. The van der Waals surface area contributed by atoms with Gasteiger partial charge in [0.15, 0.2) is 6.61 Å². The van der Waals surface area contributed by atoms with E-state index in [1.807, 2.05) is 6.07 Å². The van der Waals surface area contributed by atoms with E-state index < -0.39 is 0 Å². The van der Waals surface area contributed by atoms with Gasteiger partial charge in [0.25, 0.3) is 11.5 Å². The molecule has 152 valence electrons. The lowest BCUT2D eigenvalue weighted by Gasteiger charge is -2.10. The van der Waals surface area contributed by atoms with Gasteiger partial charge >= 0.3 is 0 Å². The van der Waals surface area contributed by atoms with Gasteiger partial charge < -0.3 is 14.8 Å². The molecule has 1 N–H and O–H groups in total. The van der Waals surface area contributed by atoms with Crippen molar-refractivity contribution in [2.24, 2.45) is 0 Å². The largest absolute Gasteiger partial charge is 0.497 e. The minimum atomic E-state index is -0.308. The zero-order chi connectivity index (χ0) is 21.1. The van der Waals surface area contributed by atoms with Crippen LogP contribution in [0.4, 0.5) is 5.69 Å². The van der Waals surface area contributed by atoms with Crippen molar-refractivity contribution in [3.8, 4) is 11.5 Å². The van der Waals surface area contributed by atoms with E-state index in [-0.39, 0.29) is 18.1 Å². The Morgan fingerprint density at radius 1 is 1.27 bits per heavy atom. The number of methoxy groups -OCH3 is 1. The topological polar surface area (TPSA) is 94.8 Å². The van der Waals surface area contributed by atoms with Gasteiger partial charge in [0.2, 0.25) is 4.96 Å². The molecule has 0 aliphatic rings. The van der Waals surface area contributed by atoms with Gasteiger partial charge in [0, 0.05) is 15.7 Å². The maximum atomic E-state index is 12.4. The number of fused-ring (bicyclic) bond motifs is 1. The van der Waals surface area contributed by atoms with Crippen LogP contribution in [0, 0.1) is 0 Å². The highest BCUT2D eigenvalue weighted by Gasteiger charge is 2.10. The third kappa shape index (κ3) is 4.34. The Morgan fingerprint density at radius 2 is 2.07 bits per heavy atom. The lowest BCUT2D eigenvalue weighted by Crippen LogP contribution is -2.24. The van der Waals surface area contributed by atoms with Gasteiger partial charge in [-0.05, 0) is 48.5 Å². The molecule has 0 aliphatic heterocycles. The van der Waals surface area contributed by atoms with E-state index in [2.05, 4.69) is 31.3 Å². The summed E-state index contributed by atoms with van der Waals surface area (Å²) in [5.74, 6) is 0.868. The number of anilines is 1. The number of ether oxygens (including phenoxy) is 2. The van der Waals surface area contributed by atoms with Crippen molar-refractivity contribution in [2.75, 3.05) is 19.0 Å². The first kappa shape index (κ1) is 20.0. The number of carbonyl (C=O) groups excluding carboxylic acids is 1. The van der Waals surface area contributed by atoms with Crippen molar-refractivity contribution in [2.45, 2.75) is 0 Å². The second kappa shape index (κ2) is 8.64. The van der Waals surface area contributed by atoms with Gasteiger partial charge in [0.1, 0.15) is 17.8 Å². The van der Waals surface area contributed by atoms with Crippen LogP contribution in [0.1, 0.15) is 5.56 Å². The highest BCUT2D eigenvalue weighted by Crippen LogP contribution is 2.24. The van der Waals surface area contributed by atoms with Crippen molar-refractivity contribution in [1.82, 2.24) is 14.6 Å². The summed E-state index contributed by atoms with van der Waals surface area (Å²) in [5, 5.41) is 6.67. The standard InChI is InChI=1S/C20H15BrN4O4S/c1-28-15-5-3-14(4-6-15)24-18(26)10-29-16-7-2-13(21)8-12(16)9-17-19(27)25-20(30-17)22-11-23-25/h2-9,11H,10H2,1H3,(H,24,26)/b17-9-. The summed E-state index contributed by atoms with van der Waals surface area (Å²) >= 11 is 4.65. The van der Waals surface area contributed by atoms with Crippen LogP contribution < -0.4 is 24.9 Å². The van der Waals surface area contributed by atoms with Gasteiger partial charge in [0.05, 0.1) is 11.6 Å². The fourth-order valence-electron chi connectivity index (χ4n) is 2.70. The minimum Gasteiger partial charge on any atom is -0.497 e. The van der Waals surface area contributed by atoms with Crippen molar-refractivity contribution in [3.05, 3.63) is 73.7 Å². The molecule has 0 fully saturated rings. The summed E-state index contributed by atoms with van der Waals surface area (Å²) in [6.45, 7) is -0.186. The smallest absolute Gasteiger partial charge is 0.291 e. The number of hydrogen-bond donors (Lipinski definition) is 1. The Labute approximate surface area is 182 Å². The maximum Gasteiger partial charge on any atom is 0.291 e. The first-order chi connectivity index (χ1) is 14.5. The molecule has 1 amide bonds. The van der Waals surface area contributed by atoms with E-state index in [4.69, 9.17) is 9.47 Å². The number of halogens is 1. The Hall–Kier alpha value is -3.24. The number of thiazole rings is 1. The first-order valence-electron chi connectivity index (χ1n) is 8.74. The van der Waals surface area contributed by atoms with Crippen LogP contribution in [0.5, 0.6) is 11.5 Å². The van der Waals surface area contributed by atoms with E-state index in [1.165, 1.54) is 22.2 Å². The minimum absolute atomic E-state index is 0.186. The highest BCUT2D eigenvalue weighted by atomic mass is 79.9. The summed E-state index contributed by atoms with van der Waals surface area (Å²) in [7, 11) is 1.58. The molecule has 30 heavy (non-hydrogen) atoms. The summed E-state index contributed by atoms with van der Waals surface area (Å²) < 4.78 is 13.3. The van der Waals surface area contributed by atoms with Crippen LogP contribution in [0.2, 0.25) is 0 Å². The summed E-state index contributed by atoms with van der Waals surface area (Å²) in [4.78, 5) is 29.2. The zero-order valence-corrected chi connectivity index (χ0v) is 18.1. The third-order valence-corrected chi connectivity index (χ3v) is 5.58. The van der Waals surface area contributed by atoms with E-state index in [9.17, 15) is 9.59 Å². The molecule has 0 bridgehead atoms. The molecule has 2 heterocycles. The van der Waals surface area contributed by atoms with Crippen LogP contribution >= 0.6 is 27.3 Å². The van der Waals surface area contributed by atoms with Crippen molar-refractivity contribution in [1.29, 1.82) is 0 Å². The van der Waals surface area contributed by atoms with Crippen molar-refractivity contribution < 1.29 is 14.3 Å². The summed E-state index contributed by atoms with van der Waals surface area (Å²) in [6.07, 6.45) is 3.04. The fourth-order valence-corrected chi connectivity index (χ4v) is 3.95. The summed E-state index contributed by atoms with van der Waals surface area (Å²) in [5.41, 5.74) is 1.04. The molecule has 2 aromatic carbocycles. The lowest BCUT2D eigenvalue weighted by atomic mass is 10.2. The van der Waals surface area contributed by atoms with E-state index >= 15 is 0 Å². The first-order valence-corrected chi connectivity index (χ1v) is 10.3. The SMILES string of the molecule is COc1ccc(NC(=O)COc2ccc(Br)cc2/C=c2\sc3ncnn3c2=O)cc1. The fraction of sp³-hybridized carbons (Fsp3) is 0.100. The zero-order valence-electron chi connectivity index (χ0n) is 15.7. The molecule has 2 aromatic heterocycles. The molecule has 4 aromatic rings. The second-order valence-corrected chi connectivity index (χ2v) is 8.04. The van der Waals surface area contributed by atoms with E-state index in [0.29, 0.717) is 32.2 Å². The van der Waals surface area contributed by atoms with Crippen LogP contribution in [-0.4, -0.2) is 34.2 Å². The molecule has 10 heteroatoms. The quantitative estimate of drug-likeness (QED) is 0.449. The average Bonchev–Trinajstić information content (AvgIpc) is 3.31. The Bertz CT molecular complexity index is 1320. The second-order valence-electron chi connectivity index (χ2n) is 6.12. The number of aromatic nitrogens is 3. The molecule has 0 aliphatic carbocycles. The molecule has 0 saturated carbocycles. The van der Waals surface area contributed by atoms with Crippen LogP contribution in [0.3, 0.4) is 0 Å². The molecular formula is C20H15BrN4O4S. The number of benzene rings is 2. The van der Waals surface area contributed by atoms with E-state index in [0.717, 1.165) is 4.47 Å². The maximum absolute atomic E-state index is 12.4. The van der Waals surface area contributed by atoms with Crippen molar-refractivity contribution >= 4 is 49.9 Å². The highest BCUT2D eigenvalue weighted by molar-refractivity contribution is 9.10. The van der Waals surface area contributed by atoms with E-state index in [1.54, 1.807) is 49.6 Å². The summed E-state index contributed by atoms with van der Waals surface area (Å²) in [6, 6.07) is 12.3. The van der Waals surface area contributed by atoms with Crippen LogP contribution in [0.25, 0.3) is 11.0 Å². The van der Waals surface area contributed by atoms with Gasteiger partial charge in [-0.1, -0.05) is 27.3 Å². The lowest BCUT2D eigenvalue weighted by molar-refractivity contribution is -0.118. The Balaban J connectivity index is 1.52. The molecule has 4 rings (SSSR count). The Morgan fingerprint density at radius 3 is 2.80 bits per heavy atom.